The lowest BCUT2D eigenvalue weighted by Gasteiger charge is -2.25. The van der Waals surface area contributed by atoms with Crippen LogP contribution in [-0.4, -0.2) is 57.9 Å². The molecule has 2 aromatic carbocycles. The summed E-state index contributed by atoms with van der Waals surface area (Å²) in [5.74, 6) is -2.91. The minimum absolute atomic E-state index is 0.00542. The number of carbonyl (C=O) groups excluding carboxylic acids is 1. The van der Waals surface area contributed by atoms with E-state index in [1.54, 1.807) is 18.3 Å². The SMILES string of the molecule is COCN(c1cccc(-c2nc(C3CCOCC3)sc2-c2ccnc(NCCCC(N)=O)c2)c1F)S(=O)(=O)c1cc(F)ccc1F. The van der Waals surface area contributed by atoms with Gasteiger partial charge in [-0.1, -0.05) is 6.07 Å². The van der Waals surface area contributed by atoms with Crippen LogP contribution in [0.3, 0.4) is 0 Å². The normalized spacial score (nSPS) is 13.9. The second-order valence-electron chi connectivity index (χ2n) is 10.5. The molecule has 4 aromatic rings. The number of primary amides is 1. The number of pyridine rings is 1. The molecule has 244 valence electrons. The Kier molecular flexibility index (Phi) is 10.6. The molecule has 1 saturated heterocycles. The van der Waals surface area contributed by atoms with Crippen molar-refractivity contribution >= 4 is 38.8 Å². The topological polar surface area (TPSA) is 137 Å². The van der Waals surface area contributed by atoms with Crippen molar-refractivity contribution in [1.82, 2.24) is 9.97 Å². The minimum atomic E-state index is -4.81. The van der Waals surface area contributed by atoms with Gasteiger partial charge in [-0.05, 0) is 67.3 Å². The second kappa shape index (κ2) is 14.6. The zero-order valence-electron chi connectivity index (χ0n) is 24.8. The van der Waals surface area contributed by atoms with Gasteiger partial charge in [0.2, 0.25) is 5.91 Å². The van der Waals surface area contributed by atoms with Gasteiger partial charge in [-0.15, -0.1) is 11.3 Å². The number of ether oxygens (including phenoxy) is 2. The molecule has 2 aromatic heterocycles. The summed E-state index contributed by atoms with van der Waals surface area (Å²) in [4.78, 5) is 20.0. The summed E-state index contributed by atoms with van der Waals surface area (Å²) in [6, 6.07) is 9.72. The van der Waals surface area contributed by atoms with Gasteiger partial charge in [0.25, 0.3) is 10.0 Å². The third-order valence-electron chi connectivity index (χ3n) is 7.35. The molecule has 0 spiro atoms. The molecule has 0 aliphatic carbocycles. The number of halogens is 3. The van der Waals surface area contributed by atoms with Crippen LogP contribution in [0, 0.1) is 17.5 Å². The molecule has 46 heavy (non-hydrogen) atoms. The van der Waals surface area contributed by atoms with E-state index in [9.17, 15) is 22.0 Å². The number of hydrogen-bond donors (Lipinski definition) is 2. The summed E-state index contributed by atoms with van der Waals surface area (Å²) in [5, 5.41) is 3.93. The zero-order chi connectivity index (χ0) is 32.8. The Balaban J connectivity index is 1.59. The van der Waals surface area contributed by atoms with E-state index in [4.69, 9.17) is 20.2 Å². The fourth-order valence-electron chi connectivity index (χ4n) is 5.06. The van der Waals surface area contributed by atoms with Crippen molar-refractivity contribution < 1.29 is 35.9 Å². The van der Waals surface area contributed by atoms with Crippen LogP contribution in [0.1, 0.15) is 36.6 Å². The van der Waals surface area contributed by atoms with E-state index in [1.165, 1.54) is 36.6 Å². The molecule has 1 aliphatic rings. The standard InChI is InChI=1S/C31H32F3N5O5S2/c1-43-18-39(46(41,42)25-17-21(32)7-8-23(25)33)24-5-2-4-22(28(24)34)29-30(45-31(38-29)19-10-14-44-15-11-19)20-9-13-37-27(16-20)36-12-3-6-26(35)40/h2,4-5,7-9,13,16-17,19H,3,6,10-12,14-15,18H2,1H3,(H2,35,40)(H,36,37). The summed E-state index contributed by atoms with van der Waals surface area (Å²) < 4.78 is 83.6. The Bertz CT molecular complexity index is 1820. The number of rotatable bonds is 13. The molecular formula is C31H32F3N5O5S2. The van der Waals surface area contributed by atoms with Crippen molar-refractivity contribution in [3.05, 3.63) is 77.2 Å². The Morgan fingerprint density at radius 2 is 1.93 bits per heavy atom. The maximum Gasteiger partial charge on any atom is 0.269 e. The van der Waals surface area contributed by atoms with Gasteiger partial charge in [0.05, 0.1) is 21.3 Å². The summed E-state index contributed by atoms with van der Waals surface area (Å²) in [6.07, 6.45) is 3.79. The largest absolute Gasteiger partial charge is 0.381 e. The number of nitrogens with one attached hydrogen (secondary N) is 1. The number of sulfonamides is 1. The Labute approximate surface area is 268 Å². The van der Waals surface area contributed by atoms with Crippen molar-refractivity contribution in [2.45, 2.75) is 36.5 Å². The molecule has 3 heterocycles. The summed E-state index contributed by atoms with van der Waals surface area (Å²) in [6.45, 7) is 0.904. The van der Waals surface area contributed by atoms with E-state index in [-0.39, 0.29) is 23.6 Å². The van der Waals surface area contributed by atoms with E-state index >= 15 is 4.39 Å². The quantitative estimate of drug-likeness (QED) is 0.137. The molecule has 3 N–H and O–H groups in total. The van der Waals surface area contributed by atoms with Crippen LogP contribution in [-0.2, 0) is 24.3 Å². The van der Waals surface area contributed by atoms with Crippen LogP contribution in [0.25, 0.3) is 21.7 Å². The summed E-state index contributed by atoms with van der Waals surface area (Å²) in [7, 11) is -3.61. The highest BCUT2D eigenvalue weighted by atomic mass is 32.2. The van der Waals surface area contributed by atoms with E-state index in [1.807, 2.05) is 0 Å². The first-order valence-corrected chi connectivity index (χ1v) is 16.7. The summed E-state index contributed by atoms with van der Waals surface area (Å²) >= 11 is 1.40. The Morgan fingerprint density at radius 3 is 2.67 bits per heavy atom. The van der Waals surface area contributed by atoms with E-state index in [2.05, 4.69) is 10.3 Å². The van der Waals surface area contributed by atoms with Gasteiger partial charge in [-0.2, -0.15) is 0 Å². The van der Waals surface area contributed by atoms with Gasteiger partial charge in [0, 0.05) is 51.0 Å². The zero-order valence-corrected chi connectivity index (χ0v) is 26.5. The van der Waals surface area contributed by atoms with Gasteiger partial charge >= 0.3 is 0 Å². The third kappa shape index (κ3) is 7.33. The fraction of sp³-hybridized carbons (Fsp3) is 0.323. The van der Waals surface area contributed by atoms with Crippen LogP contribution in [0.15, 0.2) is 59.6 Å². The molecule has 1 fully saturated rings. The van der Waals surface area contributed by atoms with Crippen molar-refractivity contribution in [3.63, 3.8) is 0 Å². The van der Waals surface area contributed by atoms with Crippen LogP contribution in [0.2, 0.25) is 0 Å². The molecular weight excluding hydrogens is 643 g/mol. The predicted molar refractivity (Wildman–Crippen MR) is 168 cm³/mol. The van der Waals surface area contributed by atoms with Gasteiger partial charge in [0.15, 0.2) is 5.82 Å². The number of nitrogens with two attached hydrogens (primary N) is 1. The predicted octanol–water partition coefficient (Wildman–Crippen LogP) is 5.66. The number of nitrogens with zero attached hydrogens (tertiary/aromatic N) is 3. The molecule has 1 aliphatic heterocycles. The average Bonchev–Trinajstić information content (AvgIpc) is 3.49. The number of carbonyl (C=O) groups is 1. The third-order valence-corrected chi connectivity index (χ3v) is 10.4. The number of methoxy groups -OCH3 is 1. The monoisotopic (exact) mass is 675 g/mol. The van der Waals surface area contributed by atoms with Gasteiger partial charge in [-0.25, -0.2) is 35.9 Å². The van der Waals surface area contributed by atoms with Crippen molar-refractivity contribution in [2.75, 3.05) is 43.2 Å². The highest BCUT2D eigenvalue weighted by molar-refractivity contribution is 7.92. The number of amides is 1. The molecule has 10 nitrogen and oxygen atoms in total. The van der Waals surface area contributed by atoms with Crippen LogP contribution in [0.4, 0.5) is 24.7 Å². The number of hydrogen-bond acceptors (Lipinski definition) is 9. The van der Waals surface area contributed by atoms with Gasteiger partial charge < -0.3 is 20.5 Å². The molecule has 0 bridgehead atoms. The van der Waals surface area contributed by atoms with E-state index < -0.39 is 50.7 Å². The van der Waals surface area contributed by atoms with Gasteiger partial charge in [0.1, 0.15) is 29.1 Å². The van der Waals surface area contributed by atoms with Crippen LogP contribution < -0.4 is 15.4 Å². The number of benzene rings is 2. The second-order valence-corrected chi connectivity index (χ2v) is 13.4. The molecule has 0 radical (unpaired) electrons. The fourth-order valence-corrected chi connectivity index (χ4v) is 7.76. The number of thiazole rings is 1. The maximum atomic E-state index is 16.6. The smallest absolute Gasteiger partial charge is 0.269 e. The molecule has 1 amide bonds. The highest BCUT2D eigenvalue weighted by Crippen LogP contribution is 2.44. The molecule has 15 heteroatoms. The molecule has 0 unspecified atom stereocenters. The first-order valence-electron chi connectivity index (χ1n) is 14.4. The Morgan fingerprint density at radius 1 is 1.15 bits per heavy atom. The molecule has 0 saturated carbocycles. The first kappa shape index (κ1) is 33.3. The average molecular weight is 676 g/mol. The number of anilines is 2. The van der Waals surface area contributed by atoms with Crippen molar-refractivity contribution in [1.29, 1.82) is 0 Å². The van der Waals surface area contributed by atoms with Crippen molar-refractivity contribution in [3.8, 4) is 21.7 Å². The maximum absolute atomic E-state index is 16.6. The molecule has 0 atom stereocenters. The lowest BCUT2D eigenvalue weighted by molar-refractivity contribution is -0.118. The molecule has 5 rings (SSSR count). The lowest BCUT2D eigenvalue weighted by Crippen LogP contribution is -2.34. The highest BCUT2D eigenvalue weighted by Gasteiger charge is 2.32. The van der Waals surface area contributed by atoms with E-state index in [0.29, 0.717) is 58.9 Å². The Hall–Kier alpha value is -4.05. The summed E-state index contributed by atoms with van der Waals surface area (Å²) in [5.41, 5.74) is 5.77. The number of aromatic nitrogens is 2. The van der Waals surface area contributed by atoms with Crippen LogP contribution in [0.5, 0.6) is 0 Å². The first-order chi connectivity index (χ1) is 22.1. The van der Waals surface area contributed by atoms with Gasteiger partial charge in [-0.3, -0.25) is 4.79 Å². The van der Waals surface area contributed by atoms with Crippen LogP contribution >= 0.6 is 11.3 Å². The lowest BCUT2D eigenvalue weighted by atomic mass is 10.0. The van der Waals surface area contributed by atoms with E-state index in [0.717, 1.165) is 23.9 Å². The van der Waals surface area contributed by atoms with Crippen molar-refractivity contribution in [2.24, 2.45) is 5.73 Å². The minimum Gasteiger partial charge on any atom is -0.381 e.